The molecule has 0 radical (unpaired) electrons. The second-order valence-electron chi connectivity index (χ2n) is 4.37. The van der Waals surface area contributed by atoms with Gasteiger partial charge < -0.3 is 4.74 Å². The second-order valence-corrected chi connectivity index (χ2v) is 6.08. The van der Waals surface area contributed by atoms with Crippen molar-refractivity contribution in [1.82, 2.24) is 0 Å². The average Bonchev–Trinajstić information content (AvgIpc) is 2.43. The molecule has 0 amide bonds. The summed E-state index contributed by atoms with van der Waals surface area (Å²) in [7, 11) is 0. The number of hydrogen-bond acceptors (Lipinski definition) is 2. The van der Waals surface area contributed by atoms with Crippen LogP contribution in [0.2, 0.25) is 0 Å². The first-order valence-corrected chi connectivity index (χ1v) is 7.84. The average molecular weight is 398 g/mol. The quantitative estimate of drug-likeness (QED) is 0.667. The van der Waals surface area contributed by atoms with E-state index in [0.717, 1.165) is 20.3 Å². The van der Waals surface area contributed by atoms with Crippen LogP contribution in [0.3, 0.4) is 0 Å². The van der Waals surface area contributed by atoms with E-state index in [1.54, 1.807) is 12.1 Å². The predicted octanol–water partition coefficient (Wildman–Crippen LogP) is 5.15. The molecule has 2 aromatic carbocycles. The highest BCUT2D eigenvalue weighted by Gasteiger charge is 2.12. The SMILES string of the molecule is CCOc1ccc(C(=O)c2ccc(C)c(Br)c2)cc1Br. The van der Waals surface area contributed by atoms with Crippen LogP contribution in [0.5, 0.6) is 5.75 Å². The fourth-order valence-corrected chi connectivity index (χ4v) is 2.69. The summed E-state index contributed by atoms with van der Waals surface area (Å²) in [5.41, 5.74) is 2.41. The number of halogens is 2. The number of ketones is 1. The van der Waals surface area contributed by atoms with E-state index in [-0.39, 0.29) is 5.78 Å². The smallest absolute Gasteiger partial charge is 0.193 e. The van der Waals surface area contributed by atoms with Crippen molar-refractivity contribution in [2.75, 3.05) is 6.61 Å². The third-order valence-electron chi connectivity index (χ3n) is 2.93. The van der Waals surface area contributed by atoms with Gasteiger partial charge in [-0.25, -0.2) is 0 Å². The minimum absolute atomic E-state index is 0.00514. The molecule has 4 heteroatoms. The Morgan fingerprint density at radius 2 is 1.65 bits per heavy atom. The predicted molar refractivity (Wildman–Crippen MR) is 87.6 cm³/mol. The molecule has 0 saturated carbocycles. The maximum absolute atomic E-state index is 12.4. The van der Waals surface area contributed by atoms with Gasteiger partial charge >= 0.3 is 0 Å². The number of ether oxygens (including phenoxy) is 1. The van der Waals surface area contributed by atoms with Gasteiger partial charge in [-0.15, -0.1) is 0 Å². The Hall–Kier alpha value is -1.13. The van der Waals surface area contributed by atoms with Crippen LogP contribution in [0.4, 0.5) is 0 Å². The van der Waals surface area contributed by atoms with E-state index in [2.05, 4.69) is 31.9 Å². The van der Waals surface area contributed by atoms with E-state index < -0.39 is 0 Å². The minimum atomic E-state index is -0.00514. The molecule has 0 saturated heterocycles. The standard InChI is InChI=1S/C16H14Br2O2/c1-3-20-15-7-6-12(9-14(15)18)16(19)11-5-4-10(2)13(17)8-11/h4-9H,3H2,1-2H3. The minimum Gasteiger partial charge on any atom is -0.493 e. The number of carbonyl (C=O) groups excluding carboxylic acids is 1. The molecule has 0 N–H and O–H groups in total. The van der Waals surface area contributed by atoms with Gasteiger partial charge in [-0.3, -0.25) is 4.79 Å². The first kappa shape index (κ1) is 15.3. The Labute approximate surface area is 135 Å². The van der Waals surface area contributed by atoms with Crippen molar-refractivity contribution in [2.45, 2.75) is 13.8 Å². The van der Waals surface area contributed by atoms with E-state index >= 15 is 0 Å². The Kier molecular flexibility index (Phi) is 5.00. The summed E-state index contributed by atoms with van der Waals surface area (Å²) in [6.07, 6.45) is 0. The van der Waals surface area contributed by atoms with E-state index in [0.29, 0.717) is 17.7 Å². The van der Waals surface area contributed by atoms with Crippen molar-refractivity contribution in [3.8, 4) is 5.75 Å². The molecule has 0 aromatic heterocycles. The Morgan fingerprint density at radius 3 is 2.20 bits per heavy atom. The van der Waals surface area contributed by atoms with E-state index in [1.807, 2.05) is 38.1 Å². The van der Waals surface area contributed by atoms with Gasteiger partial charge in [0.05, 0.1) is 11.1 Å². The van der Waals surface area contributed by atoms with Crippen LogP contribution in [0.1, 0.15) is 28.4 Å². The normalized spacial score (nSPS) is 10.4. The van der Waals surface area contributed by atoms with Crippen LogP contribution in [0.15, 0.2) is 45.3 Å². The summed E-state index contributed by atoms with van der Waals surface area (Å²) < 4.78 is 7.17. The van der Waals surface area contributed by atoms with Crippen molar-refractivity contribution in [1.29, 1.82) is 0 Å². The summed E-state index contributed by atoms with van der Waals surface area (Å²) in [6.45, 7) is 4.51. The van der Waals surface area contributed by atoms with Crippen LogP contribution in [-0.2, 0) is 0 Å². The van der Waals surface area contributed by atoms with Crippen molar-refractivity contribution in [3.63, 3.8) is 0 Å². The van der Waals surface area contributed by atoms with Gasteiger partial charge in [0.1, 0.15) is 5.75 Å². The van der Waals surface area contributed by atoms with E-state index in [9.17, 15) is 4.79 Å². The molecular weight excluding hydrogens is 384 g/mol. The molecule has 0 heterocycles. The lowest BCUT2D eigenvalue weighted by Crippen LogP contribution is -2.02. The maximum Gasteiger partial charge on any atom is 0.193 e. The molecule has 2 nitrogen and oxygen atoms in total. The molecule has 0 fully saturated rings. The lowest BCUT2D eigenvalue weighted by atomic mass is 10.0. The lowest BCUT2D eigenvalue weighted by Gasteiger charge is -2.08. The van der Waals surface area contributed by atoms with Gasteiger partial charge in [-0.1, -0.05) is 28.1 Å². The molecule has 0 aliphatic rings. The van der Waals surface area contributed by atoms with Crippen molar-refractivity contribution in [3.05, 3.63) is 62.0 Å². The van der Waals surface area contributed by atoms with Crippen molar-refractivity contribution in [2.24, 2.45) is 0 Å². The van der Waals surface area contributed by atoms with Gasteiger partial charge in [0, 0.05) is 15.6 Å². The van der Waals surface area contributed by atoms with Crippen molar-refractivity contribution < 1.29 is 9.53 Å². The number of carbonyl (C=O) groups is 1. The topological polar surface area (TPSA) is 26.3 Å². The molecule has 0 spiro atoms. The molecule has 2 aromatic rings. The number of hydrogen-bond donors (Lipinski definition) is 0. The summed E-state index contributed by atoms with van der Waals surface area (Å²) in [6, 6.07) is 11.0. The lowest BCUT2D eigenvalue weighted by molar-refractivity contribution is 0.103. The van der Waals surface area contributed by atoms with Gasteiger partial charge in [0.15, 0.2) is 5.78 Å². The van der Waals surface area contributed by atoms with Crippen LogP contribution < -0.4 is 4.74 Å². The first-order chi connectivity index (χ1) is 9.52. The molecule has 0 bridgehead atoms. The zero-order valence-electron chi connectivity index (χ0n) is 11.2. The van der Waals surface area contributed by atoms with Gasteiger partial charge in [-0.05, 0) is 59.6 Å². The van der Waals surface area contributed by atoms with Gasteiger partial charge in [-0.2, -0.15) is 0 Å². The second kappa shape index (κ2) is 6.55. The van der Waals surface area contributed by atoms with E-state index in [4.69, 9.17) is 4.74 Å². The zero-order chi connectivity index (χ0) is 14.7. The number of benzene rings is 2. The third kappa shape index (κ3) is 3.30. The third-order valence-corrected chi connectivity index (χ3v) is 4.40. The maximum atomic E-state index is 12.4. The molecule has 0 aliphatic carbocycles. The Morgan fingerprint density at radius 1 is 1.05 bits per heavy atom. The largest absolute Gasteiger partial charge is 0.493 e. The highest BCUT2D eigenvalue weighted by atomic mass is 79.9. The highest BCUT2D eigenvalue weighted by molar-refractivity contribution is 9.10. The van der Waals surface area contributed by atoms with Crippen molar-refractivity contribution >= 4 is 37.6 Å². The Balaban J connectivity index is 2.33. The van der Waals surface area contributed by atoms with E-state index in [1.165, 1.54) is 0 Å². The molecule has 0 unspecified atom stereocenters. The summed E-state index contributed by atoms with van der Waals surface area (Å²) in [5.74, 6) is 0.739. The molecule has 2 rings (SSSR count). The number of rotatable bonds is 4. The monoisotopic (exact) mass is 396 g/mol. The number of aryl methyl sites for hydroxylation is 1. The summed E-state index contributed by atoms with van der Waals surface area (Å²) >= 11 is 6.88. The summed E-state index contributed by atoms with van der Waals surface area (Å²) in [4.78, 5) is 12.4. The molecular formula is C16H14Br2O2. The van der Waals surface area contributed by atoms with Gasteiger partial charge in [0.2, 0.25) is 0 Å². The van der Waals surface area contributed by atoms with Crippen LogP contribution in [0.25, 0.3) is 0 Å². The highest BCUT2D eigenvalue weighted by Crippen LogP contribution is 2.27. The summed E-state index contributed by atoms with van der Waals surface area (Å²) in [5, 5.41) is 0. The fourth-order valence-electron chi connectivity index (χ4n) is 1.82. The zero-order valence-corrected chi connectivity index (χ0v) is 14.4. The van der Waals surface area contributed by atoms with Crippen LogP contribution >= 0.6 is 31.9 Å². The van der Waals surface area contributed by atoms with Gasteiger partial charge in [0.25, 0.3) is 0 Å². The van der Waals surface area contributed by atoms with Crippen LogP contribution in [0, 0.1) is 6.92 Å². The molecule has 104 valence electrons. The molecule has 0 aliphatic heterocycles. The first-order valence-electron chi connectivity index (χ1n) is 6.26. The molecule has 20 heavy (non-hydrogen) atoms. The Bertz CT molecular complexity index is 651. The van der Waals surface area contributed by atoms with Crippen LogP contribution in [-0.4, -0.2) is 12.4 Å². The fraction of sp³-hybridized carbons (Fsp3) is 0.188. The molecule has 0 atom stereocenters.